The van der Waals surface area contributed by atoms with E-state index in [1.807, 2.05) is 50.2 Å². The smallest absolute Gasteiger partial charge is 0.273 e. The molecule has 0 aliphatic carbocycles. The van der Waals surface area contributed by atoms with Gasteiger partial charge in [-0.1, -0.05) is 59.6 Å². The molecule has 0 spiro atoms. The average molecular weight is 441 g/mol. The Bertz CT molecular complexity index is 1220. The van der Waals surface area contributed by atoms with Crippen molar-refractivity contribution in [3.8, 4) is 11.5 Å². The fourth-order valence-electron chi connectivity index (χ4n) is 3.11. The molecule has 0 atom stereocenters. The summed E-state index contributed by atoms with van der Waals surface area (Å²) in [4.78, 5) is 19.1. The second kappa shape index (κ2) is 8.42. The molecule has 0 N–H and O–H groups in total. The zero-order valence-electron chi connectivity index (χ0n) is 16.3. The normalized spacial score (nSPS) is 11.2. The number of fused-ring (bicyclic) bond motifs is 1. The van der Waals surface area contributed by atoms with Gasteiger partial charge >= 0.3 is 0 Å². The largest absolute Gasteiger partial charge is 0.419 e. The van der Waals surface area contributed by atoms with Crippen LogP contribution in [0.15, 0.2) is 59.0 Å². The van der Waals surface area contributed by atoms with E-state index in [-0.39, 0.29) is 24.2 Å². The number of aromatic nitrogens is 3. The van der Waals surface area contributed by atoms with E-state index < -0.39 is 0 Å². The van der Waals surface area contributed by atoms with E-state index in [1.165, 1.54) is 0 Å². The molecule has 2 aromatic carbocycles. The molecule has 0 saturated carbocycles. The third-order valence-electron chi connectivity index (χ3n) is 4.67. The fourth-order valence-corrected chi connectivity index (χ4v) is 3.59. The first-order valence-corrected chi connectivity index (χ1v) is 10.1. The first-order chi connectivity index (χ1) is 14.4. The predicted octanol–water partition coefficient (Wildman–Crippen LogP) is 5.64. The monoisotopic (exact) mass is 440 g/mol. The average Bonchev–Trinajstić information content (AvgIpc) is 3.20. The second-order valence-electron chi connectivity index (χ2n) is 7.03. The van der Waals surface area contributed by atoms with Crippen LogP contribution in [0.25, 0.3) is 22.2 Å². The van der Waals surface area contributed by atoms with E-state index in [1.54, 1.807) is 23.1 Å². The summed E-state index contributed by atoms with van der Waals surface area (Å²) in [5.41, 5.74) is 0.904. The van der Waals surface area contributed by atoms with Gasteiger partial charge < -0.3 is 9.32 Å². The summed E-state index contributed by atoms with van der Waals surface area (Å²) in [5, 5.41) is 10.6. The number of nitrogens with zero attached hydrogens (tertiary/aromatic N) is 4. The van der Waals surface area contributed by atoms with Crippen molar-refractivity contribution in [1.29, 1.82) is 0 Å². The van der Waals surface area contributed by atoms with Gasteiger partial charge in [0.2, 0.25) is 11.8 Å². The number of carbonyl (C=O) groups is 1. The van der Waals surface area contributed by atoms with Gasteiger partial charge in [-0.15, -0.1) is 10.2 Å². The molecule has 0 aliphatic heterocycles. The predicted molar refractivity (Wildman–Crippen MR) is 117 cm³/mol. The highest BCUT2D eigenvalue weighted by Gasteiger charge is 2.24. The lowest BCUT2D eigenvalue weighted by Gasteiger charge is -2.25. The van der Waals surface area contributed by atoms with Gasteiger partial charge in [0, 0.05) is 11.4 Å². The lowest BCUT2D eigenvalue weighted by atomic mass is 10.1. The van der Waals surface area contributed by atoms with Crippen LogP contribution < -0.4 is 0 Å². The Kier molecular flexibility index (Phi) is 5.70. The van der Waals surface area contributed by atoms with E-state index in [9.17, 15) is 4.79 Å². The maximum absolute atomic E-state index is 13.2. The molecule has 0 unspecified atom stereocenters. The SMILES string of the molecule is CC(C)N(Cc1nnc(-c2ccccc2Cl)o1)C(=O)c1cc2ccccc2c(Cl)n1. The van der Waals surface area contributed by atoms with Crippen molar-refractivity contribution in [2.24, 2.45) is 0 Å². The number of benzene rings is 2. The summed E-state index contributed by atoms with van der Waals surface area (Å²) in [6.07, 6.45) is 0. The highest BCUT2D eigenvalue weighted by atomic mass is 35.5. The molecule has 0 aliphatic rings. The maximum Gasteiger partial charge on any atom is 0.273 e. The quantitative estimate of drug-likeness (QED) is 0.375. The molecule has 0 radical (unpaired) electrons. The molecule has 8 heteroatoms. The molecule has 4 rings (SSSR count). The molecule has 6 nitrogen and oxygen atoms in total. The lowest BCUT2D eigenvalue weighted by Crippen LogP contribution is -2.37. The maximum atomic E-state index is 13.2. The van der Waals surface area contributed by atoms with Crippen molar-refractivity contribution >= 4 is 39.9 Å². The van der Waals surface area contributed by atoms with Gasteiger partial charge in [0.15, 0.2) is 0 Å². The molecule has 1 amide bonds. The summed E-state index contributed by atoms with van der Waals surface area (Å²) in [6.45, 7) is 3.96. The molecular weight excluding hydrogens is 423 g/mol. The van der Waals surface area contributed by atoms with Crippen LogP contribution >= 0.6 is 23.2 Å². The van der Waals surface area contributed by atoms with E-state index in [0.29, 0.717) is 27.5 Å². The van der Waals surface area contributed by atoms with Gasteiger partial charge in [-0.3, -0.25) is 4.79 Å². The topological polar surface area (TPSA) is 72.1 Å². The first-order valence-electron chi connectivity index (χ1n) is 9.37. The Labute approximate surface area is 183 Å². The summed E-state index contributed by atoms with van der Waals surface area (Å²) in [6, 6.07) is 16.4. The van der Waals surface area contributed by atoms with Crippen molar-refractivity contribution in [1.82, 2.24) is 20.1 Å². The Hall–Kier alpha value is -2.96. The molecule has 2 heterocycles. The van der Waals surface area contributed by atoms with E-state index in [0.717, 1.165) is 10.8 Å². The van der Waals surface area contributed by atoms with E-state index in [4.69, 9.17) is 27.6 Å². The fraction of sp³-hybridized carbons (Fsp3) is 0.182. The Morgan fingerprint density at radius 3 is 2.57 bits per heavy atom. The van der Waals surface area contributed by atoms with Crippen LogP contribution in [0.2, 0.25) is 10.2 Å². The molecule has 152 valence electrons. The molecule has 0 bridgehead atoms. The molecule has 4 aromatic rings. The summed E-state index contributed by atoms with van der Waals surface area (Å²) < 4.78 is 5.76. The van der Waals surface area contributed by atoms with Crippen molar-refractivity contribution in [3.05, 3.63) is 76.4 Å². The third kappa shape index (κ3) is 4.01. The van der Waals surface area contributed by atoms with Gasteiger partial charge in [0.1, 0.15) is 10.8 Å². The molecule has 30 heavy (non-hydrogen) atoms. The summed E-state index contributed by atoms with van der Waals surface area (Å²) in [7, 11) is 0. The molecule has 0 fully saturated rings. The van der Waals surface area contributed by atoms with Gasteiger partial charge in [-0.2, -0.15) is 0 Å². The number of rotatable bonds is 5. The lowest BCUT2D eigenvalue weighted by molar-refractivity contribution is 0.0666. The number of pyridine rings is 1. The van der Waals surface area contributed by atoms with Crippen molar-refractivity contribution in [2.75, 3.05) is 0 Å². The van der Waals surface area contributed by atoms with Crippen molar-refractivity contribution < 1.29 is 9.21 Å². The number of hydrogen-bond acceptors (Lipinski definition) is 5. The third-order valence-corrected chi connectivity index (χ3v) is 5.29. The highest BCUT2D eigenvalue weighted by molar-refractivity contribution is 6.34. The molecule has 0 saturated heterocycles. The Balaban J connectivity index is 1.62. The number of amides is 1. The van der Waals surface area contributed by atoms with Crippen LogP contribution in [-0.4, -0.2) is 32.0 Å². The highest BCUT2D eigenvalue weighted by Crippen LogP contribution is 2.27. The zero-order chi connectivity index (χ0) is 21.3. The molecular formula is C22H18Cl2N4O2. The van der Waals surface area contributed by atoms with E-state index in [2.05, 4.69) is 15.2 Å². The first kappa shape index (κ1) is 20.3. The van der Waals surface area contributed by atoms with Crippen LogP contribution in [0.5, 0.6) is 0 Å². The van der Waals surface area contributed by atoms with E-state index >= 15 is 0 Å². The zero-order valence-corrected chi connectivity index (χ0v) is 17.9. The summed E-state index contributed by atoms with van der Waals surface area (Å²) >= 11 is 12.5. The van der Waals surface area contributed by atoms with Crippen molar-refractivity contribution in [2.45, 2.75) is 26.4 Å². The molecule has 2 aromatic heterocycles. The number of halogens is 2. The van der Waals surface area contributed by atoms with Gasteiger partial charge in [-0.05, 0) is 37.4 Å². The van der Waals surface area contributed by atoms with Crippen LogP contribution in [0.3, 0.4) is 0 Å². The van der Waals surface area contributed by atoms with Crippen molar-refractivity contribution in [3.63, 3.8) is 0 Å². The second-order valence-corrected chi connectivity index (χ2v) is 7.79. The number of hydrogen-bond donors (Lipinski definition) is 0. The minimum Gasteiger partial charge on any atom is -0.419 e. The van der Waals surface area contributed by atoms with Crippen LogP contribution in [0, 0.1) is 0 Å². The van der Waals surface area contributed by atoms with Crippen LogP contribution in [0.4, 0.5) is 0 Å². The minimum atomic E-state index is -0.268. The van der Waals surface area contributed by atoms with Gasteiger partial charge in [-0.25, -0.2) is 4.98 Å². The minimum absolute atomic E-state index is 0.125. The number of carbonyl (C=O) groups excluding carboxylic acids is 1. The van der Waals surface area contributed by atoms with Crippen LogP contribution in [-0.2, 0) is 6.54 Å². The van der Waals surface area contributed by atoms with Gasteiger partial charge in [0.05, 0.1) is 17.1 Å². The van der Waals surface area contributed by atoms with Gasteiger partial charge in [0.25, 0.3) is 5.91 Å². The Morgan fingerprint density at radius 2 is 1.80 bits per heavy atom. The van der Waals surface area contributed by atoms with Crippen LogP contribution in [0.1, 0.15) is 30.2 Å². The Morgan fingerprint density at radius 1 is 1.07 bits per heavy atom. The standard InChI is InChI=1S/C22H18Cl2N4O2/c1-13(2)28(12-19-26-27-21(30-19)16-9-5-6-10-17(16)23)22(29)18-11-14-7-3-4-8-15(14)20(24)25-18/h3-11,13H,12H2,1-2H3. The summed E-state index contributed by atoms with van der Waals surface area (Å²) in [5.74, 6) is 0.340.